The van der Waals surface area contributed by atoms with Gasteiger partial charge in [0.2, 0.25) is 10.0 Å². The molecule has 0 heterocycles. The van der Waals surface area contributed by atoms with Crippen molar-refractivity contribution in [3.63, 3.8) is 0 Å². The second-order valence-electron chi connectivity index (χ2n) is 3.60. The van der Waals surface area contributed by atoms with Crippen LogP contribution in [0.25, 0.3) is 0 Å². The van der Waals surface area contributed by atoms with Crippen molar-refractivity contribution in [2.24, 2.45) is 0 Å². The third-order valence-corrected chi connectivity index (χ3v) is 4.61. The maximum atomic E-state index is 11.7. The number of aliphatic hydroxyl groups excluding tert-OH is 1. The van der Waals surface area contributed by atoms with Crippen LogP contribution >= 0.6 is 31.9 Å². The van der Waals surface area contributed by atoms with Gasteiger partial charge in [-0.1, -0.05) is 0 Å². The topological polar surface area (TPSA) is 66.4 Å². The monoisotopic (exact) mass is 385 g/mol. The SMILES string of the molecule is Cc1cc(Br)c(NS(=O)(=O)CCCO)c(Br)c1. The summed E-state index contributed by atoms with van der Waals surface area (Å²) in [6.07, 6.45) is 0.219. The van der Waals surface area contributed by atoms with Gasteiger partial charge >= 0.3 is 0 Å². The van der Waals surface area contributed by atoms with Crippen molar-refractivity contribution in [1.29, 1.82) is 0 Å². The number of anilines is 1. The highest BCUT2D eigenvalue weighted by molar-refractivity contribution is 9.11. The molecular formula is C10H13Br2NO3S. The first-order valence-electron chi connectivity index (χ1n) is 4.93. The molecule has 7 heteroatoms. The standard InChI is InChI=1S/C10H13Br2NO3S/c1-7-5-8(11)10(9(12)6-7)13-17(15,16)4-2-3-14/h5-6,13-14H,2-4H2,1H3. The van der Waals surface area contributed by atoms with Crippen molar-refractivity contribution in [2.75, 3.05) is 17.1 Å². The van der Waals surface area contributed by atoms with Gasteiger partial charge in [-0.2, -0.15) is 0 Å². The molecule has 0 aliphatic rings. The zero-order chi connectivity index (χ0) is 13.1. The molecule has 1 rings (SSSR count). The molecule has 0 aliphatic heterocycles. The molecule has 0 atom stereocenters. The van der Waals surface area contributed by atoms with E-state index in [-0.39, 0.29) is 18.8 Å². The maximum absolute atomic E-state index is 11.7. The largest absolute Gasteiger partial charge is 0.396 e. The van der Waals surface area contributed by atoms with Gasteiger partial charge in [0, 0.05) is 15.6 Å². The van der Waals surface area contributed by atoms with Crippen molar-refractivity contribution in [3.8, 4) is 0 Å². The lowest BCUT2D eigenvalue weighted by atomic mass is 10.2. The summed E-state index contributed by atoms with van der Waals surface area (Å²) in [6.45, 7) is 1.77. The first-order chi connectivity index (χ1) is 7.85. The smallest absolute Gasteiger partial charge is 0.232 e. The molecule has 1 aromatic carbocycles. The van der Waals surface area contributed by atoms with Crippen molar-refractivity contribution in [2.45, 2.75) is 13.3 Å². The molecule has 0 unspecified atom stereocenters. The van der Waals surface area contributed by atoms with E-state index in [1.54, 1.807) is 0 Å². The van der Waals surface area contributed by atoms with Crippen LogP contribution in [0.1, 0.15) is 12.0 Å². The lowest BCUT2D eigenvalue weighted by Gasteiger charge is -2.12. The van der Waals surface area contributed by atoms with E-state index in [0.717, 1.165) is 5.56 Å². The zero-order valence-electron chi connectivity index (χ0n) is 9.20. The second-order valence-corrected chi connectivity index (χ2v) is 7.15. The zero-order valence-corrected chi connectivity index (χ0v) is 13.2. The summed E-state index contributed by atoms with van der Waals surface area (Å²) < 4.78 is 27.2. The van der Waals surface area contributed by atoms with Crippen molar-refractivity contribution in [1.82, 2.24) is 0 Å². The molecule has 0 fully saturated rings. The average molecular weight is 387 g/mol. The van der Waals surface area contributed by atoms with Gasteiger partial charge in [-0.05, 0) is 62.9 Å². The molecule has 17 heavy (non-hydrogen) atoms. The van der Waals surface area contributed by atoms with E-state index < -0.39 is 10.0 Å². The van der Waals surface area contributed by atoms with Crippen molar-refractivity contribution >= 4 is 47.6 Å². The number of aryl methyl sites for hydroxylation is 1. The molecule has 0 amide bonds. The fourth-order valence-electron chi connectivity index (χ4n) is 1.26. The van der Waals surface area contributed by atoms with Crippen LogP contribution in [0.3, 0.4) is 0 Å². The third kappa shape index (κ3) is 4.57. The summed E-state index contributed by atoms with van der Waals surface area (Å²) in [7, 11) is -3.42. The summed E-state index contributed by atoms with van der Waals surface area (Å²) >= 11 is 6.62. The number of sulfonamides is 1. The number of hydrogen-bond donors (Lipinski definition) is 2. The molecule has 2 N–H and O–H groups in total. The van der Waals surface area contributed by atoms with E-state index in [2.05, 4.69) is 36.6 Å². The summed E-state index contributed by atoms with van der Waals surface area (Å²) in [4.78, 5) is 0. The first kappa shape index (κ1) is 14.9. The minimum absolute atomic E-state index is 0.101. The Morgan fingerprint density at radius 2 is 1.82 bits per heavy atom. The number of rotatable bonds is 5. The van der Waals surface area contributed by atoms with Crippen LogP contribution in [0.2, 0.25) is 0 Å². The molecule has 1 aromatic rings. The Hall–Kier alpha value is -0.110. The molecular weight excluding hydrogens is 374 g/mol. The molecule has 96 valence electrons. The first-order valence-corrected chi connectivity index (χ1v) is 8.16. The van der Waals surface area contributed by atoms with E-state index in [1.807, 2.05) is 19.1 Å². The average Bonchev–Trinajstić information content (AvgIpc) is 2.21. The molecule has 0 saturated heterocycles. The summed E-state index contributed by atoms with van der Waals surface area (Å²) in [5, 5.41) is 8.63. The highest BCUT2D eigenvalue weighted by atomic mass is 79.9. The van der Waals surface area contributed by atoms with Crippen molar-refractivity contribution < 1.29 is 13.5 Å². The van der Waals surface area contributed by atoms with Gasteiger partial charge in [0.25, 0.3) is 0 Å². The lowest BCUT2D eigenvalue weighted by Crippen LogP contribution is -2.18. The van der Waals surface area contributed by atoms with E-state index in [0.29, 0.717) is 14.6 Å². The summed E-state index contributed by atoms with van der Waals surface area (Å²) in [5.41, 5.74) is 1.50. The van der Waals surface area contributed by atoms with Crippen LogP contribution in [0, 0.1) is 6.92 Å². The van der Waals surface area contributed by atoms with Crippen LogP contribution in [0.5, 0.6) is 0 Å². The Morgan fingerprint density at radius 1 is 1.29 bits per heavy atom. The number of aliphatic hydroxyl groups is 1. The predicted octanol–water partition coefficient (Wildman–Crippen LogP) is 2.64. The minimum Gasteiger partial charge on any atom is -0.396 e. The van der Waals surface area contributed by atoms with Gasteiger partial charge < -0.3 is 5.11 Å². The van der Waals surface area contributed by atoms with Crippen LogP contribution in [0.15, 0.2) is 21.1 Å². The van der Waals surface area contributed by atoms with Gasteiger partial charge in [0.1, 0.15) is 0 Å². The second kappa shape index (κ2) is 6.17. The molecule has 0 bridgehead atoms. The minimum atomic E-state index is -3.42. The van der Waals surface area contributed by atoms with Gasteiger partial charge in [0.05, 0.1) is 11.4 Å². The Bertz CT molecular complexity index is 479. The van der Waals surface area contributed by atoms with E-state index >= 15 is 0 Å². The van der Waals surface area contributed by atoms with Crippen LogP contribution in [0.4, 0.5) is 5.69 Å². The highest BCUT2D eigenvalue weighted by Gasteiger charge is 2.14. The number of benzene rings is 1. The van der Waals surface area contributed by atoms with Gasteiger partial charge in [-0.15, -0.1) is 0 Å². The summed E-state index contributed by atoms with van der Waals surface area (Å²) in [5.74, 6) is -0.101. The van der Waals surface area contributed by atoms with E-state index in [4.69, 9.17) is 5.11 Å². The molecule has 4 nitrogen and oxygen atoms in total. The Morgan fingerprint density at radius 3 is 2.29 bits per heavy atom. The fraction of sp³-hybridized carbons (Fsp3) is 0.400. The quantitative estimate of drug-likeness (QED) is 0.817. The normalized spacial score (nSPS) is 11.5. The predicted molar refractivity (Wildman–Crippen MR) is 75.7 cm³/mol. The maximum Gasteiger partial charge on any atom is 0.232 e. The molecule has 0 saturated carbocycles. The molecule has 0 radical (unpaired) electrons. The highest BCUT2D eigenvalue weighted by Crippen LogP contribution is 2.33. The van der Waals surface area contributed by atoms with Crippen LogP contribution in [-0.4, -0.2) is 25.9 Å². The van der Waals surface area contributed by atoms with Gasteiger partial charge in [-0.25, -0.2) is 8.42 Å². The number of nitrogens with one attached hydrogen (secondary N) is 1. The Balaban J connectivity index is 2.96. The van der Waals surface area contributed by atoms with Crippen LogP contribution in [-0.2, 0) is 10.0 Å². The molecule has 0 aromatic heterocycles. The lowest BCUT2D eigenvalue weighted by molar-refractivity contribution is 0.295. The fourth-order valence-corrected chi connectivity index (χ4v) is 4.28. The Kier molecular flexibility index (Phi) is 5.43. The molecule has 0 aliphatic carbocycles. The van der Waals surface area contributed by atoms with E-state index in [9.17, 15) is 8.42 Å². The van der Waals surface area contributed by atoms with Gasteiger partial charge in [-0.3, -0.25) is 4.72 Å². The Labute approximate surface area is 118 Å². The molecule has 0 spiro atoms. The number of halogens is 2. The van der Waals surface area contributed by atoms with Crippen LogP contribution < -0.4 is 4.72 Å². The number of hydrogen-bond acceptors (Lipinski definition) is 3. The van der Waals surface area contributed by atoms with E-state index in [1.165, 1.54) is 0 Å². The summed E-state index contributed by atoms with van der Waals surface area (Å²) in [6, 6.07) is 3.66. The van der Waals surface area contributed by atoms with Gasteiger partial charge in [0.15, 0.2) is 0 Å². The van der Waals surface area contributed by atoms with Crippen molar-refractivity contribution in [3.05, 3.63) is 26.6 Å². The third-order valence-electron chi connectivity index (χ3n) is 2.02.